The van der Waals surface area contributed by atoms with E-state index in [1.165, 1.54) is 45.3 Å². The van der Waals surface area contributed by atoms with E-state index in [-0.39, 0.29) is 0 Å². The molecular formula is C14H30N2. The molecule has 0 aromatic carbocycles. The number of rotatable bonds is 5. The molecule has 1 aliphatic rings. The average molecular weight is 226 g/mol. The van der Waals surface area contributed by atoms with Crippen LogP contribution in [0.15, 0.2) is 0 Å². The fourth-order valence-electron chi connectivity index (χ4n) is 2.98. The molecule has 0 bridgehead atoms. The van der Waals surface area contributed by atoms with Gasteiger partial charge in [0.1, 0.15) is 0 Å². The Kier molecular flexibility index (Phi) is 4.81. The smallest absolute Gasteiger partial charge is 0.00501 e. The van der Waals surface area contributed by atoms with Gasteiger partial charge in [0.05, 0.1) is 0 Å². The molecule has 1 heterocycles. The molecule has 0 aliphatic carbocycles. The summed E-state index contributed by atoms with van der Waals surface area (Å²) >= 11 is 0. The van der Waals surface area contributed by atoms with Gasteiger partial charge in [-0.25, -0.2) is 0 Å². The number of nitrogens with zero attached hydrogens (tertiary/aromatic N) is 1. The maximum Gasteiger partial charge on any atom is 0.00501 e. The maximum atomic E-state index is 5.99. The van der Waals surface area contributed by atoms with Gasteiger partial charge in [-0.05, 0) is 49.6 Å². The lowest BCUT2D eigenvalue weighted by Crippen LogP contribution is -2.47. The highest BCUT2D eigenvalue weighted by molar-refractivity contribution is 4.86. The molecule has 0 radical (unpaired) electrons. The Morgan fingerprint density at radius 1 is 1.25 bits per heavy atom. The fraction of sp³-hybridized carbons (Fsp3) is 1.00. The summed E-state index contributed by atoms with van der Waals surface area (Å²) in [6, 6.07) is 0. The molecule has 2 heteroatoms. The zero-order valence-corrected chi connectivity index (χ0v) is 11.7. The molecule has 0 saturated carbocycles. The highest BCUT2D eigenvalue weighted by Crippen LogP contribution is 2.32. The van der Waals surface area contributed by atoms with E-state index in [4.69, 9.17) is 5.73 Å². The van der Waals surface area contributed by atoms with Crippen molar-refractivity contribution in [1.82, 2.24) is 4.90 Å². The minimum Gasteiger partial charge on any atom is -0.330 e. The van der Waals surface area contributed by atoms with E-state index in [0.29, 0.717) is 10.8 Å². The Morgan fingerprint density at radius 3 is 2.31 bits per heavy atom. The van der Waals surface area contributed by atoms with Crippen molar-refractivity contribution in [3.05, 3.63) is 0 Å². The summed E-state index contributed by atoms with van der Waals surface area (Å²) in [5, 5.41) is 0. The van der Waals surface area contributed by atoms with Gasteiger partial charge in [0, 0.05) is 13.1 Å². The van der Waals surface area contributed by atoms with Crippen LogP contribution in [0.4, 0.5) is 0 Å². The molecule has 96 valence electrons. The first-order valence-electron chi connectivity index (χ1n) is 6.89. The molecule has 0 unspecified atom stereocenters. The molecule has 0 amide bonds. The predicted molar refractivity (Wildman–Crippen MR) is 71.5 cm³/mol. The van der Waals surface area contributed by atoms with Crippen LogP contribution in [0.25, 0.3) is 0 Å². The van der Waals surface area contributed by atoms with Crippen LogP contribution in [0.3, 0.4) is 0 Å². The molecule has 1 fully saturated rings. The largest absolute Gasteiger partial charge is 0.330 e. The van der Waals surface area contributed by atoms with Crippen molar-refractivity contribution < 1.29 is 0 Å². The normalized spacial score (nSPS) is 22.3. The van der Waals surface area contributed by atoms with Gasteiger partial charge >= 0.3 is 0 Å². The van der Waals surface area contributed by atoms with Crippen LogP contribution in [0, 0.1) is 10.8 Å². The van der Waals surface area contributed by atoms with Gasteiger partial charge in [0.2, 0.25) is 0 Å². The third-order valence-corrected chi connectivity index (χ3v) is 4.47. The maximum absolute atomic E-state index is 5.99. The van der Waals surface area contributed by atoms with Crippen LogP contribution < -0.4 is 5.73 Å². The first kappa shape index (κ1) is 14.0. The van der Waals surface area contributed by atoms with E-state index in [9.17, 15) is 0 Å². The first-order valence-corrected chi connectivity index (χ1v) is 6.89. The Bertz CT molecular complexity index is 199. The van der Waals surface area contributed by atoms with Crippen LogP contribution in [-0.4, -0.2) is 31.1 Å². The lowest BCUT2D eigenvalue weighted by Gasteiger charge is -2.43. The van der Waals surface area contributed by atoms with Crippen molar-refractivity contribution in [2.24, 2.45) is 16.6 Å². The van der Waals surface area contributed by atoms with E-state index in [0.717, 1.165) is 6.54 Å². The van der Waals surface area contributed by atoms with E-state index in [1.807, 2.05) is 0 Å². The number of likely N-dealkylation sites (tertiary alicyclic amines) is 1. The molecular weight excluding hydrogens is 196 g/mol. The van der Waals surface area contributed by atoms with Crippen LogP contribution in [-0.2, 0) is 0 Å². The molecule has 0 aromatic heterocycles. The summed E-state index contributed by atoms with van der Waals surface area (Å²) < 4.78 is 0. The molecule has 1 rings (SSSR count). The SMILES string of the molecule is CCC(CC)(CN)CN1CCCC(C)(C)C1. The average Bonchev–Trinajstić information content (AvgIpc) is 2.25. The van der Waals surface area contributed by atoms with Crippen LogP contribution in [0.2, 0.25) is 0 Å². The molecule has 1 aliphatic heterocycles. The standard InChI is InChI=1S/C14H30N2/c1-5-14(6-2,10-15)12-16-9-7-8-13(3,4)11-16/h5-12,15H2,1-4H3. The summed E-state index contributed by atoms with van der Waals surface area (Å²) in [6.07, 6.45) is 5.13. The third-order valence-electron chi connectivity index (χ3n) is 4.47. The van der Waals surface area contributed by atoms with Crippen LogP contribution >= 0.6 is 0 Å². The Balaban J connectivity index is 2.58. The molecule has 0 atom stereocenters. The molecule has 2 N–H and O–H groups in total. The van der Waals surface area contributed by atoms with E-state index >= 15 is 0 Å². The second-order valence-corrected chi connectivity index (χ2v) is 6.39. The Hall–Kier alpha value is -0.0800. The number of nitrogens with two attached hydrogens (primary N) is 1. The van der Waals surface area contributed by atoms with Gasteiger partial charge in [0.15, 0.2) is 0 Å². The third kappa shape index (κ3) is 3.46. The van der Waals surface area contributed by atoms with Gasteiger partial charge in [0.25, 0.3) is 0 Å². The lowest BCUT2D eigenvalue weighted by atomic mass is 9.79. The Labute approximate surface area is 102 Å². The van der Waals surface area contributed by atoms with E-state index in [1.54, 1.807) is 0 Å². The number of hydrogen-bond acceptors (Lipinski definition) is 2. The van der Waals surface area contributed by atoms with Crippen LogP contribution in [0.1, 0.15) is 53.4 Å². The number of hydrogen-bond donors (Lipinski definition) is 1. The fourth-order valence-corrected chi connectivity index (χ4v) is 2.98. The summed E-state index contributed by atoms with van der Waals surface area (Å²) in [6.45, 7) is 13.9. The molecule has 1 saturated heterocycles. The van der Waals surface area contributed by atoms with Crippen molar-refractivity contribution in [2.75, 3.05) is 26.2 Å². The van der Waals surface area contributed by atoms with Gasteiger partial charge in [-0.2, -0.15) is 0 Å². The zero-order chi connectivity index (χ0) is 12.2. The van der Waals surface area contributed by atoms with Crippen molar-refractivity contribution in [2.45, 2.75) is 53.4 Å². The van der Waals surface area contributed by atoms with Crippen molar-refractivity contribution in [1.29, 1.82) is 0 Å². The van der Waals surface area contributed by atoms with Crippen molar-refractivity contribution in [3.63, 3.8) is 0 Å². The second kappa shape index (κ2) is 5.50. The van der Waals surface area contributed by atoms with Crippen LogP contribution in [0.5, 0.6) is 0 Å². The first-order chi connectivity index (χ1) is 7.47. The van der Waals surface area contributed by atoms with Crippen molar-refractivity contribution >= 4 is 0 Å². The summed E-state index contributed by atoms with van der Waals surface area (Å²) in [4.78, 5) is 2.64. The van der Waals surface area contributed by atoms with E-state index in [2.05, 4.69) is 32.6 Å². The quantitative estimate of drug-likeness (QED) is 0.781. The monoisotopic (exact) mass is 226 g/mol. The van der Waals surface area contributed by atoms with Gasteiger partial charge < -0.3 is 10.6 Å². The second-order valence-electron chi connectivity index (χ2n) is 6.39. The predicted octanol–water partition coefficient (Wildman–Crippen LogP) is 2.87. The summed E-state index contributed by atoms with van der Waals surface area (Å²) in [7, 11) is 0. The van der Waals surface area contributed by atoms with Gasteiger partial charge in [-0.15, -0.1) is 0 Å². The summed E-state index contributed by atoms with van der Waals surface area (Å²) in [5.74, 6) is 0. The molecule has 16 heavy (non-hydrogen) atoms. The minimum atomic E-state index is 0.355. The minimum absolute atomic E-state index is 0.355. The highest BCUT2D eigenvalue weighted by atomic mass is 15.1. The van der Waals surface area contributed by atoms with Crippen molar-refractivity contribution in [3.8, 4) is 0 Å². The topological polar surface area (TPSA) is 29.3 Å². The molecule has 0 aromatic rings. The van der Waals surface area contributed by atoms with Gasteiger partial charge in [-0.1, -0.05) is 27.7 Å². The lowest BCUT2D eigenvalue weighted by molar-refractivity contribution is 0.0673. The van der Waals surface area contributed by atoms with Gasteiger partial charge in [-0.3, -0.25) is 0 Å². The summed E-state index contributed by atoms with van der Waals surface area (Å²) in [5.41, 5.74) is 6.84. The zero-order valence-electron chi connectivity index (χ0n) is 11.7. The highest BCUT2D eigenvalue weighted by Gasteiger charge is 2.32. The molecule has 0 spiro atoms. The Morgan fingerprint density at radius 2 is 1.88 bits per heavy atom. The van der Waals surface area contributed by atoms with E-state index < -0.39 is 0 Å². The number of piperidine rings is 1. The molecule has 2 nitrogen and oxygen atoms in total.